The number of hydrogen-bond acceptors (Lipinski definition) is 5. The zero-order valence-corrected chi connectivity index (χ0v) is 17.1. The van der Waals surface area contributed by atoms with Crippen molar-refractivity contribution >= 4 is 51.1 Å². The van der Waals surface area contributed by atoms with Gasteiger partial charge in [-0.2, -0.15) is 0 Å². The fourth-order valence-electron chi connectivity index (χ4n) is 3.71. The number of aromatic nitrogens is 3. The summed E-state index contributed by atoms with van der Waals surface area (Å²) < 4.78 is 8.82. The van der Waals surface area contributed by atoms with Crippen molar-refractivity contribution in [3.05, 3.63) is 63.4 Å². The summed E-state index contributed by atoms with van der Waals surface area (Å²) in [6, 6.07) is 12.3. The standard InChI is InChI=1S/C21H16ClN3O3S/c1-28-14-6-7-16-15(10-14)18-19(20(27)24-8-9-29-21(24)23-18)25(16)11-17(26)12-2-4-13(22)5-3-12/h2-7,10H,8-9,11H2,1H3. The molecule has 0 saturated carbocycles. The van der Waals surface area contributed by atoms with Crippen molar-refractivity contribution in [1.29, 1.82) is 0 Å². The molecular formula is C21H16ClN3O3S. The van der Waals surface area contributed by atoms with E-state index in [-0.39, 0.29) is 17.9 Å². The topological polar surface area (TPSA) is 66.1 Å². The number of methoxy groups -OCH3 is 1. The van der Waals surface area contributed by atoms with Crippen LogP contribution in [0.4, 0.5) is 0 Å². The van der Waals surface area contributed by atoms with Crippen LogP contribution in [-0.2, 0) is 13.1 Å². The van der Waals surface area contributed by atoms with E-state index in [4.69, 9.17) is 21.3 Å². The average Bonchev–Trinajstić information content (AvgIpc) is 3.32. The van der Waals surface area contributed by atoms with Crippen LogP contribution >= 0.6 is 23.4 Å². The number of ether oxygens (including phenoxy) is 1. The van der Waals surface area contributed by atoms with Crippen LogP contribution in [0.15, 0.2) is 52.4 Å². The number of benzene rings is 2. The van der Waals surface area contributed by atoms with Gasteiger partial charge in [-0.05, 0) is 42.5 Å². The lowest BCUT2D eigenvalue weighted by Crippen LogP contribution is -2.23. The molecule has 2 aromatic carbocycles. The number of carbonyl (C=O) groups is 1. The highest BCUT2D eigenvalue weighted by molar-refractivity contribution is 7.99. The van der Waals surface area contributed by atoms with E-state index in [2.05, 4.69) is 0 Å². The highest BCUT2D eigenvalue weighted by Gasteiger charge is 2.24. The molecule has 146 valence electrons. The third-order valence-corrected chi connectivity index (χ3v) is 6.35. The molecule has 5 rings (SSSR count). The Morgan fingerprint density at radius 3 is 2.79 bits per heavy atom. The van der Waals surface area contributed by atoms with E-state index >= 15 is 0 Å². The van der Waals surface area contributed by atoms with Gasteiger partial charge in [0.1, 0.15) is 16.8 Å². The molecule has 0 aliphatic carbocycles. The first kappa shape index (κ1) is 18.3. The zero-order chi connectivity index (χ0) is 20.1. The number of ketones is 1. The van der Waals surface area contributed by atoms with Gasteiger partial charge in [0.2, 0.25) is 0 Å². The summed E-state index contributed by atoms with van der Waals surface area (Å²) >= 11 is 7.50. The van der Waals surface area contributed by atoms with Crippen LogP contribution in [0.1, 0.15) is 10.4 Å². The van der Waals surface area contributed by atoms with Gasteiger partial charge in [-0.3, -0.25) is 14.2 Å². The first-order valence-electron chi connectivity index (χ1n) is 9.09. The molecule has 3 heterocycles. The number of rotatable bonds is 4. The lowest BCUT2D eigenvalue weighted by Gasteiger charge is -2.08. The SMILES string of the molecule is COc1ccc2c(c1)c1nc3n(c(=O)c1n2CC(=O)c1ccc(Cl)cc1)CCS3. The first-order chi connectivity index (χ1) is 14.1. The average molecular weight is 426 g/mol. The van der Waals surface area contributed by atoms with Crippen molar-refractivity contribution in [3.8, 4) is 5.75 Å². The van der Waals surface area contributed by atoms with E-state index in [0.717, 1.165) is 16.7 Å². The molecule has 8 heteroatoms. The van der Waals surface area contributed by atoms with Crippen LogP contribution < -0.4 is 10.3 Å². The molecule has 6 nitrogen and oxygen atoms in total. The van der Waals surface area contributed by atoms with Gasteiger partial charge in [0.25, 0.3) is 5.56 Å². The summed E-state index contributed by atoms with van der Waals surface area (Å²) in [6.07, 6.45) is 0. The predicted molar refractivity (Wildman–Crippen MR) is 115 cm³/mol. The normalized spacial score (nSPS) is 13.2. The van der Waals surface area contributed by atoms with Crippen LogP contribution in [0.3, 0.4) is 0 Å². The Morgan fingerprint density at radius 1 is 1.24 bits per heavy atom. The minimum atomic E-state index is -0.117. The van der Waals surface area contributed by atoms with Gasteiger partial charge in [-0.15, -0.1) is 0 Å². The van der Waals surface area contributed by atoms with Gasteiger partial charge in [0.15, 0.2) is 10.9 Å². The highest BCUT2D eigenvalue weighted by Crippen LogP contribution is 2.32. The summed E-state index contributed by atoms with van der Waals surface area (Å²) in [5.74, 6) is 1.39. The van der Waals surface area contributed by atoms with E-state index in [1.165, 1.54) is 0 Å². The lowest BCUT2D eigenvalue weighted by molar-refractivity contribution is 0.0975. The van der Waals surface area contributed by atoms with Crippen molar-refractivity contribution in [1.82, 2.24) is 14.1 Å². The summed E-state index contributed by atoms with van der Waals surface area (Å²) in [4.78, 5) is 31.0. The molecule has 0 fully saturated rings. The second-order valence-corrected chi connectivity index (χ2v) is 8.29. The maximum Gasteiger partial charge on any atom is 0.278 e. The van der Waals surface area contributed by atoms with Gasteiger partial charge in [-0.25, -0.2) is 4.98 Å². The summed E-state index contributed by atoms with van der Waals surface area (Å²) in [5, 5.41) is 2.09. The largest absolute Gasteiger partial charge is 0.497 e. The van der Waals surface area contributed by atoms with Crippen molar-refractivity contribution in [3.63, 3.8) is 0 Å². The number of Topliss-reactive ketones (excluding diaryl/α,β-unsaturated/α-hetero) is 1. The second-order valence-electron chi connectivity index (χ2n) is 6.80. The van der Waals surface area contributed by atoms with Crippen LogP contribution in [-0.4, -0.2) is 32.8 Å². The van der Waals surface area contributed by atoms with Gasteiger partial charge in [-0.1, -0.05) is 23.4 Å². The molecule has 0 radical (unpaired) electrons. The second kappa shape index (κ2) is 6.93. The Hall–Kier alpha value is -2.77. The molecule has 0 saturated heterocycles. The smallest absolute Gasteiger partial charge is 0.278 e. The van der Waals surface area contributed by atoms with Gasteiger partial charge in [0.05, 0.1) is 19.2 Å². The molecule has 0 atom stereocenters. The van der Waals surface area contributed by atoms with E-state index in [0.29, 0.717) is 39.1 Å². The number of thioether (sulfide) groups is 1. The molecule has 2 aromatic heterocycles. The van der Waals surface area contributed by atoms with Crippen molar-refractivity contribution in [2.45, 2.75) is 18.2 Å². The molecule has 1 aliphatic heterocycles. The molecular weight excluding hydrogens is 410 g/mol. The fraction of sp³-hybridized carbons (Fsp3) is 0.190. The Morgan fingerprint density at radius 2 is 2.03 bits per heavy atom. The number of halogens is 1. The molecule has 0 amide bonds. The maximum absolute atomic E-state index is 13.3. The van der Waals surface area contributed by atoms with Gasteiger partial charge < -0.3 is 9.30 Å². The van der Waals surface area contributed by atoms with E-state index in [1.54, 1.807) is 52.3 Å². The van der Waals surface area contributed by atoms with E-state index in [1.807, 2.05) is 18.2 Å². The summed E-state index contributed by atoms with van der Waals surface area (Å²) in [6.45, 7) is 0.662. The van der Waals surface area contributed by atoms with E-state index in [9.17, 15) is 9.59 Å². The molecule has 0 bridgehead atoms. The Balaban J connectivity index is 1.75. The zero-order valence-electron chi connectivity index (χ0n) is 15.5. The van der Waals surface area contributed by atoms with Crippen molar-refractivity contribution in [2.24, 2.45) is 0 Å². The van der Waals surface area contributed by atoms with Crippen LogP contribution in [0.5, 0.6) is 5.75 Å². The number of fused-ring (bicyclic) bond motifs is 4. The first-order valence-corrected chi connectivity index (χ1v) is 10.5. The van der Waals surface area contributed by atoms with Crippen LogP contribution in [0, 0.1) is 0 Å². The summed E-state index contributed by atoms with van der Waals surface area (Å²) in [7, 11) is 1.60. The predicted octanol–water partition coefficient (Wildman–Crippen LogP) is 4.00. The summed E-state index contributed by atoms with van der Waals surface area (Å²) in [5.41, 5.74) is 2.26. The molecule has 29 heavy (non-hydrogen) atoms. The minimum absolute atomic E-state index is 0.0391. The minimum Gasteiger partial charge on any atom is -0.497 e. The van der Waals surface area contributed by atoms with Crippen LogP contribution in [0.2, 0.25) is 5.02 Å². The number of hydrogen-bond donors (Lipinski definition) is 0. The Labute approximate surface area is 175 Å². The third-order valence-electron chi connectivity index (χ3n) is 5.14. The Bertz CT molecular complexity index is 1340. The third kappa shape index (κ3) is 2.92. The molecule has 1 aliphatic rings. The molecule has 0 N–H and O–H groups in total. The molecule has 4 aromatic rings. The number of carbonyl (C=O) groups excluding carboxylic acids is 1. The molecule has 0 spiro atoms. The maximum atomic E-state index is 13.3. The molecule has 0 unspecified atom stereocenters. The van der Waals surface area contributed by atoms with Gasteiger partial charge >= 0.3 is 0 Å². The van der Waals surface area contributed by atoms with E-state index < -0.39 is 0 Å². The monoisotopic (exact) mass is 425 g/mol. The fourth-order valence-corrected chi connectivity index (χ4v) is 4.78. The van der Waals surface area contributed by atoms with Crippen molar-refractivity contribution < 1.29 is 9.53 Å². The van der Waals surface area contributed by atoms with Crippen LogP contribution in [0.25, 0.3) is 21.9 Å². The highest BCUT2D eigenvalue weighted by atomic mass is 35.5. The lowest BCUT2D eigenvalue weighted by atomic mass is 10.1. The number of nitrogens with zero attached hydrogens (tertiary/aromatic N) is 3. The Kier molecular flexibility index (Phi) is 4.37. The van der Waals surface area contributed by atoms with Crippen molar-refractivity contribution in [2.75, 3.05) is 12.9 Å². The quantitative estimate of drug-likeness (QED) is 0.365. The van der Waals surface area contributed by atoms with Gasteiger partial charge in [0, 0.05) is 28.3 Å².